The molecule has 6 heteroatoms. The van der Waals surface area contributed by atoms with Crippen LogP contribution in [0.3, 0.4) is 0 Å². The molecule has 3 aromatic rings. The lowest BCUT2D eigenvalue weighted by Crippen LogP contribution is -2.37. The number of benzene rings is 2. The van der Waals surface area contributed by atoms with Crippen molar-refractivity contribution < 1.29 is 13.9 Å². The molecule has 6 nitrogen and oxygen atoms in total. The second-order valence-corrected chi connectivity index (χ2v) is 6.59. The van der Waals surface area contributed by atoms with Crippen LogP contribution >= 0.6 is 0 Å². The minimum Gasteiger partial charge on any atom is -0.481 e. The average Bonchev–Trinajstić information content (AvgIpc) is 3.12. The molecule has 1 aromatic heterocycles. The first-order valence-corrected chi connectivity index (χ1v) is 8.80. The molecule has 0 saturated heterocycles. The van der Waals surface area contributed by atoms with Gasteiger partial charge in [-0.1, -0.05) is 35.9 Å². The number of amides is 1. The molecule has 0 aliphatic carbocycles. The maximum Gasteiger partial charge on any atom is 0.263 e. The normalized spacial score (nSPS) is 11.9. The minimum atomic E-state index is -0.615. The van der Waals surface area contributed by atoms with E-state index in [4.69, 9.17) is 9.15 Å². The highest BCUT2D eigenvalue weighted by Crippen LogP contribution is 2.20. The van der Waals surface area contributed by atoms with Gasteiger partial charge in [0.2, 0.25) is 11.8 Å². The fourth-order valence-electron chi connectivity index (χ4n) is 2.65. The summed E-state index contributed by atoms with van der Waals surface area (Å²) in [5.41, 5.74) is 3.00. The van der Waals surface area contributed by atoms with Gasteiger partial charge in [0.05, 0.1) is 6.54 Å². The van der Waals surface area contributed by atoms with Gasteiger partial charge in [0.1, 0.15) is 5.75 Å². The fraction of sp³-hybridized carbons (Fsp3) is 0.286. The predicted molar refractivity (Wildman–Crippen MR) is 102 cm³/mol. The Morgan fingerprint density at radius 3 is 2.52 bits per heavy atom. The molecule has 27 heavy (non-hydrogen) atoms. The van der Waals surface area contributed by atoms with Crippen LogP contribution < -0.4 is 4.74 Å². The molecular formula is C21H23N3O3. The summed E-state index contributed by atoms with van der Waals surface area (Å²) in [6.45, 7) is 5.92. The van der Waals surface area contributed by atoms with E-state index in [1.54, 1.807) is 14.0 Å². The Labute approximate surface area is 158 Å². The molecule has 0 radical (unpaired) electrons. The summed E-state index contributed by atoms with van der Waals surface area (Å²) in [7, 11) is 1.69. The van der Waals surface area contributed by atoms with E-state index in [1.807, 2.05) is 62.4 Å². The molecule has 0 spiro atoms. The zero-order chi connectivity index (χ0) is 19.4. The summed E-state index contributed by atoms with van der Waals surface area (Å²) >= 11 is 0. The van der Waals surface area contributed by atoms with Crippen LogP contribution in [0.2, 0.25) is 0 Å². The van der Waals surface area contributed by atoms with Crippen molar-refractivity contribution in [3.05, 3.63) is 65.5 Å². The van der Waals surface area contributed by atoms with Crippen LogP contribution in [0, 0.1) is 13.8 Å². The van der Waals surface area contributed by atoms with Crippen LogP contribution in [0.1, 0.15) is 23.9 Å². The van der Waals surface area contributed by atoms with Gasteiger partial charge in [0, 0.05) is 12.6 Å². The second kappa shape index (κ2) is 8.03. The average molecular weight is 365 g/mol. The minimum absolute atomic E-state index is 0.159. The monoisotopic (exact) mass is 365 g/mol. The van der Waals surface area contributed by atoms with Crippen molar-refractivity contribution in [2.45, 2.75) is 33.4 Å². The van der Waals surface area contributed by atoms with E-state index in [1.165, 1.54) is 4.90 Å². The first kappa shape index (κ1) is 18.6. The number of hydrogen-bond acceptors (Lipinski definition) is 5. The quantitative estimate of drug-likeness (QED) is 0.665. The number of para-hydroxylation sites is 1. The number of carbonyl (C=O) groups is 1. The summed E-state index contributed by atoms with van der Waals surface area (Å²) in [6.07, 6.45) is -0.615. The number of aryl methyl sites for hydroxylation is 2. The molecule has 1 heterocycles. The zero-order valence-electron chi connectivity index (χ0n) is 16.0. The SMILES string of the molecule is Cc1ccc(-c2nnc(CN(C)C(=O)[C@H](C)Oc3ccccc3C)o2)cc1. The third kappa shape index (κ3) is 4.53. The number of ether oxygens (including phenoxy) is 1. The predicted octanol–water partition coefficient (Wildman–Crippen LogP) is 3.78. The summed E-state index contributed by atoms with van der Waals surface area (Å²) in [5.74, 6) is 1.36. The molecule has 0 aliphatic rings. The molecular weight excluding hydrogens is 342 g/mol. The highest BCUT2D eigenvalue weighted by atomic mass is 16.5. The summed E-state index contributed by atoms with van der Waals surface area (Å²) in [5, 5.41) is 8.11. The number of carbonyl (C=O) groups excluding carboxylic acids is 1. The Morgan fingerprint density at radius 1 is 1.11 bits per heavy atom. The van der Waals surface area contributed by atoms with Gasteiger partial charge in [-0.25, -0.2) is 0 Å². The van der Waals surface area contributed by atoms with Crippen molar-refractivity contribution in [1.29, 1.82) is 0 Å². The molecule has 2 aromatic carbocycles. The number of hydrogen-bond donors (Lipinski definition) is 0. The number of nitrogens with zero attached hydrogens (tertiary/aromatic N) is 3. The van der Waals surface area contributed by atoms with Gasteiger partial charge in [0.15, 0.2) is 6.10 Å². The third-order valence-electron chi connectivity index (χ3n) is 4.26. The largest absolute Gasteiger partial charge is 0.481 e. The van der Waals surface area contributed by atoms with E-state index in [0.717, 1.165) is 16.7 Å². The number of rotatable bonds is 6. The maximum absolute atomic E-state index is 12.6. The Kier molecular flexibility index (Phi) is 5.54. The molecule has 0 unspecified atom stereocenters. The maximum atomic E-state index is 12.6. The Morgan fingerprint density at radius 2 is 1.81 bits per heavy atom. The molecule has 0 bridgehead atoms. The van der Waals surface area contributed by atoms with E-state index in [9.17, 15) is 4.79 Å². The summed E-state index contributed by atoms with van der Waals surface area (Å²) < 4.78 is 11.5. The van der Waals surface area contributed by atoms with Gasteiger partial charge >= 0.3 is 0 Å². The third-order valence-corrected chi connectivity index (χ3v) is 4.26. The van der Waals surface area contributed by atoms with Gasteiger partial charge in [-0.15, -0.1) is 10.2 Å². The van der Waals surface area contributed by atoms with Gasteiger partial charge < -0.3 is 14.1 Å². The van der Waals surface area contributed by atoms with Gasteiger partial charge in [0.25, 0.3) is 5.91 Å². The molecule has 0 saturated carbocycles. The topological polar surface area (TPSA) is 68.5 Å². The van der Waals surface area contributed by atoms with Gasteiger partial charge in [-0.05, 0) is 44.5 Å². The van der Waals surface area contributed by atoms with Crippen LogP contribution in [-0.2, 0) is 11.3 Å². The van der Waals surface area contributed by atoms with Crippen LogP contribution in [0.5, 0.6) is 5.75 Å². The van der Waals surface area contributed by atoms with E-state index in [2.05, 4.69) is 10.2 Å². The lowest BCUT2D eigenvalue weighted by molar-refractivity contribution is -0.137. The lowest BCUT2D eigenvalue weighted by atomic mass is 10.1. The molecule has 0 N–H and O–H groups in total. The van der Waals surface area contributed by atoms with Gasteiger partial charge in [-0.2, -0.15) is 0 Å². The zero-order valence-corrected chi connectivity index (χ0v) is 16.0. The summed E-state index contributed by atoms with van der Waals surface area (Å²) in [6, 6.07) is 15.4. The molecule has 3 rings (SSSR count). The van der Waals surface area contributed by atoms with Gasteiger partial charge in [-0.3, -0.25) is 4.79 Å². The van der Waals surface area contributed by atoms with E-state index in [-0.39, 0.29) is 12.5 Å². The molecule has 140 valence electrons. The smallest absolute Gasteiger partial charge is 0.263 e. The van der Waals surface area contributed by atoms with Crippen molar-refractivity contribution >= 4 is 5.91 Å². The van der Waals surface area contributed by atoms with Crippen molar-refractivity contribution in [3.8, 4) is 17.2 Å². The standard InChI is InChI=1S/C21H23N3O3/c1-14-9-11-17(12-10-14)20-23-22-19(27-20)13-24(4)21(25)16(3)26-18-8-6-5-7-15(18)2/h5-12,16H,13H2,1-4H3/t16-/m0/s1. The first-order valence-electron chi connectivity index (χ1n) is 8.80. The number of aromatic nitrogens is 2. The Balaban J connectivity index is 1.63. The fourth-order valence-corrected chi connectivity index (χ4v) is 2.65. The van der Waals surface area contributed by atoms with Crippen molar-refractivity contribution in [2.75, 3.05) is 7.05 Å². The van der Waals surface area contributed by atoms with Crippen LogP contribution in [0.4, 0.5) is 0 Å². The van der Waals surface area contributed by atoms with E-state index in [0.29, 0.717) is 17.5 Å². The van der Waals surface area contributed by atoms with Crippen molar-refractivity contribution in [2.24, 2.45) is 0 Å². The lowest BCUT2D eigenvalue weighted by Gasteiger charge is -2.21. The Bertz CT molecular complexity index is 918. The summed E-state index contributed by atoms with van der Waals surface area (Å²) in [4.78, 5) is 14.1. The van der Waals surface area contributed by atoms with Crippen molar-refractivity contribution in [1.82, 2.24) is 15.1 Å². The Hall–Kier alpha value is -3.15. The van der Waals surface area contributed by atoms with E-state index < -0.39 is 6.10 Å². The number of likely N-dealkylation sites (N-methyl/N-ethyl adjacent to an activating group) is 1. The van der Waals surface area contributed by atoms with Crippen molar-refractivity contribution in [3.63, 3.8) is 0 Å². The molecule has 1 atom stereocenters. The molecule has 0 aliphatic heterocycles. The van der Waals surface area contributed by atoms with Crippen LogP contribution in [-0.4, -0.2) is 34.2 Å². The highest BCUT2D eigenvalue weighted by molar-refractivity contribution is 5.80. The van der Waals surface area contributed by atoms with E-state index >= 15 is 0 Å². The molecule has 1 amide bonds. The highest BCUT2D eigenvalue weighted by Gasteiger charge is 2.22. The van der Waals surface area contributed by atoms with Crippen LogP contribution in [0.25, 0.3) is 11.5 Å². The molecule has 0 fully saturated rings. The van der Waals surface area contributed by atoms with Crippen LogP contribution in [0.15, 0.2) is 52.9 Å². The first-order chi connectivity index (χ1) is 12.9. The second-order valence-electron chi connectivity index (χ2n) is 6.59.